The van der Waals surface area contributed by atoms with Crippen molar-refractivity contribution in [1.29, 1.82) is 0 Å². The van der Waals surface area contributed by atoms with Crippen LogP contribution in [0, 0.1) is 5.82 Å². The number of halogens is 3. The predicted octanol–water partition coefficient (Wildman–Crippen LogP) is 4.51. The first-order chi connectivity index (χ1) is 9.10. The van der Waals surface area contributed by atoms with Crippen molar-refractivity contribution < 1.29 is 9.13 Å². The molecular formula is C14H12Cl2FNO. The summed E-state index contributed by atoms with van der Waals surface area (Å²) in [5, 5.41) is 0.113. The molecule has 1 unspecified atom stereocenters. The zero-order valence-electron chi connectivity index (χ0n) is 9.95. The SMILES string of the molecule is NCC(Cl)c1cc(F)ccc1Oc1ccc(Cl)cc1. The molecule has 0 saturated carbocycles. The van der Waals surface area contributed by atoms with Gasteiger partial charge in [0.15, 0.2) is 0 Å². The van der Waals surface area contributed by atoms with E-state index in [-0.39, 0.29) is 12.4 Å². The molecule has 0 aliphatic carbocycles. The molecule has 0 fully saturated rings. The van der Waals surface area contributed by atoms with Gasteiger partial charge in [-0.1, -0.05) is 11.6 Å². The molecule has 0 bridgehead atoms. The van der Waals surface area contributed by atoms with Crippen LogP contribution in [0.2, 0.25) is 5.02 Å². The summed E-state index contributed by atoms with van der Waals surface area (Å²) < 4.78 is 18.9. The lowest BCUT2D eigenvalue weighted by molar-refractivity contribution is 0.473. The average molecular weight is 300 g/mol. The van der Waals surface area contributed by atoms with Gasteiger partial charge in [0.1, 0.15) is 17.3 Å². The molecule has 0 amide bonds. The molecule has 2 nitrogen and oxygen atoms in total. The van der Waals surface area contributed by atoms with Crippen LogP contribution in [0.25, 0.3) is 0 Å². The van der Waals surface area contributed by atoms with E-state index in [1.54, 1.807) is 24.3 Å². The van der Waals surface area contributed by atoms with E-state index in [4.69, 9.17) is 33.7 Å². The van der Waals surface area contributed by atoms with Crippen molar-refractivity contribution in [3.05, 3.63) is 58.9 Å². The van der Waals surface area contributed by atoms with Gasteiger partial charge in [-0.3, -0.25) is 0 Å². The topological polar surface area (TPSA) is 35.2 Å². The zero-order valence-corrected chi connectivity index (χ0v) is 11.5. The Morgan fingerprint density at radius 3 is 2.47 bits per heavy atom. The van der Waals surface area contributed by atoms with Crippen LogP contribution in [0.5, 0.6) is 11.5 Å². The molecule has 0 saturated heterocycles. The van der Waals surface area contributed by atoms with Gasteiger partial charge in [0, 0.05) is 17.1 Å². The number of nitrogens with two attached hydrogens (primary N) is 1. The number of hydrogen-bond acceptors (Lipinski definition) is 2. The van der Waals surface area contributed by atoms with Gasteiger partial charge in [0.05, 0.1) is 5.38 Å². The summed E-state index contributed by atoms with van der Waals surface area (Å²) in [6, 6.07) is 11.0. The Bertz CT molecular complexity index is 560. The van der Waals surface area contributed by atoms with Crippen molar-refractivity contribution in [1.82, 2.24) is 0 Å². The lowest BCUT2D eigenvalue weighted by atomic mass is 10.1. The fourth-order valence-electron chi connectivity index (χ4n) is 1.61. The Balaban J connectivity index is 2.31. The van der Waals surface area contributed by atoms with Crippen molar-refractivity contribution >= 4 is 23.2 Å². The summed E-state index contributed by atoms with van der Waals surface area (Å²) in [7, 11) is 0. The molecule has 0 radical (unpaired) electrons. The van der Waals surface area contributed by atoms with Gasteiger partial charge in [-0.25, -0.2) is 4.39 Å². The van der Waals surface area contributed by atoms with Gasteiger partial charge in [-0.05, 0) is 42.5 Å². The highest BCUT2D eigenvalue weighted by Gasteiger charge is 2.14. The van der Waals surface area contributed by atoms with Gasteiger partial charge in [0.2, 0.25) is 0 Å². The number of hydrogen-bond donors (Lipinski definition) is 1. The maximum Gasteiger partial charge on any atom is 0.132 e. The molecule has 2 rings (SSSR count). The molecular weight excluding hydrogens is 288 g/mol. The Hall–Kier alpha value is -1.29. The summed E-state index contributed by atoms with van der Waals surface area (Å²) >= 11 is 11.9. The largest absolute Gasteiger partial charge is 0.457 e. The molecule has 100 valence electrons. The first-order valence-corrected chi connectivity index (χ1v) is 6.48. The average Bonchev–Trinajstić information content (AvgIpc) is 2.42. The van der Waals surface area contributed by atoms with Crippen LogP contribution in [-0.2, 0) is 0 Å². The van der Waals surface area contributed by atoms with Crippen molar-refractivity contribution in [3.8, 4) is 11.5 Å². The van der Waals surface area contributed by atoms with E-state index in [0.717, 1.165) is 0 Å². The molecule has 2 N–H and O–H groups in total. The van der Waals surface area contributed by atoms with E-state index < -0.39 is 5.38 Å². The minimum atomic E-state index is -0.502. The third-order valence-electron chi connectivity index (χ3n) is 2.56. The Kier molecular flexibility index (Phi) is 4.64. The molecule has 5 heteroatoms. The molecule has 0 aromatic heterocycles. The van der Waals surface area contributed by atoms with E-state index in [0.29, 0.717) is 22.1 Å². The Morgan fingerprint density at radius 2 is 1.84 bits per heavy atom. The Morgan fingerprint density at radius 1 is 1.16 bits per heavy atom. The summed E-state index contributed by atoms with van der Waals surface area (Å²) in [6.45, 7) is 0.196. The van der Waals surface area contributed by atoms with Crippen LogP contribution in [0.1, 0.15) is 10.9 Å². The van der Waals surface area contributed by atoms with Gasteiger partial charge >= 0.3 is 0 Å². The number of rotatable bonds is 4. The van der Waals surface area contributed by atoms with Crippen molar-refractivity contribution in [2.45, 2.75) is 5.38 Å². The van der Waals surface area contributed by atoms with Crippen LogP contribution in [0.3, 0.4) is 0 Å². The van der Waals surface area contributed by atoms with Gasteiger partial charge in [-0.15, -0.1) is 11.6 Å². The van der Waals surface area contributed by atoms with E-state index in [2.05, 4.69) is 0 Å². The van der Waals surface area contributed by atoms with E-state index >= 15 is 0 Å². The summed E-state index contributed by atoms with van der Waals surface area (Å²) in [5.41, 5.74) is 6.04. The van der Waals surface area contributed by atoms with Crippen LogP contribution >= 0.6 is 23.2 Å². The maximum atomic E-state index is 13.3. The third kappa shape index (κ3) is 3.60. The highest BCUT2D eigenvalue weighted by atomic mass is 35.5. The summed E-state index contributed by atoms with van der Waals surface area (Å²) in [4.78, 5) is 0. The molecule has 0 aliphatic heterocycles. The third-order valence-corrected chi connectivity index (χ3v) is 3.22. The number of benzene rings is 2. The standard InChI is InChI=1S/C14H12Cl2FNO/c15-9-1-4-11(5-2-9)19-14-6-3-10(17)7-12(14)13(16)8-18/h1-7,13H,8,18H2. The monoisotopic (exact) mass is 299 g/mol. The molecule has 2 aromatic carbocycles. The number of ether oxygens (including phenoxy) is 1. The van der Waals surface area contributed by atoms with E-state index in [1.807, 2.05) is 0 Å². The second kappa shape index (κ2) is 6.24. The van der Waals surface area contributed by atoms with Crippen molar-refractivity contribution in [2.75, 3.05) is 6.54 Å². The quantitative estimate of drug-likeness (QED) is 0.843. The molecule has 0 heterocycles. The molecule has 0 aliphatic rings. The van der Waals surface area contributed by atoms with Gasteiger partial charge in [0.25, 0.3) is 0 Å². The van der Waals surface area contributed by atoms with E-state index in [1.165, 1.54) is 18.2 Å². The summed E-state index contributed by atoms with van der Waals surface area (Å²) in [5.74, 6) is 0.699. The Labute approximate surface area is 120 Å². The van der Waals surface area contributed by atoms with Gasteiger partial charge < -0.3 is 10.5 Å². The smallest absolute Gasteiger partial charge is 0.132 e. The molecule has 19 heavy (non-hydrogen) atoms. The van der Waals surface area contributed by atoms with Crippen LogP contribution in [0.4, 0.5) is 4.39 Å². The minimum absolute atomic E-state index is 0.196. The van der Waals surface area contributed by atoms with Crippen LogP contribution in [0.15, 0.2) is 42.5 Å². The second-order valence-corrected chi connectivity index (χ2v) is 4.90. The fraction of sp³-hybridized carbons (Fsp3) is 0.143. The number of alkyl halides is 1. The maximum absolute atomic E-state index is 13.3. The zero-order chi connectivity index (χ0) is 13.8. The molecule has 0 spiro atoms. The van der Waals surface area contributed by atoms with Crippen molar-refractivity contribution in [3.63, 3.8) is 0 Å². The normalized spacial score (nSPS) is 12.2. The lowest BCUT2D eigenvalue weighted by Crippen LogP contribution is -2.08. The van der Waals surface area contributed by atoms with Crippen LogP contribution < -0.4 is 10.5 Å². The second-order valence-electron chi connectivity index (χ2n) is 3.94. The predicted molar refractivity (Wildman–Crippen MR) is 75.6 cm³/mol. The highest BCUT2D eigenvalue weighted by molar-refractivity contribution is 6.30. The van der Waals surface area contributed by atoms with Crippen LogP contribution in [-0.4, -0.2) is 6.54 Å². The molecule has 1 atom stereocenters. The van der Waals surface area contributed by atoms with Gasteiger partial charge in [-0.2, -0.15) is 0 Å². The highest BCUT2D eigenvalue weighted by Crippen LogP contribution is 2.33. The first-order valence-electron chi connectivity index (χ1n) is 5.67. The lowest BCUT2D eigenvalue weighted by Gasteiger charge is -2.14. The fourth-order valence-corrected chi connectivity index (χ4v) is 1.91. The minimum Gasteiger partial charge on any atom is -0.457 e. The molecule has 2 aromatic rings. The van der Waals surface area contributed by atoms with Crippen molar-refractivity contribution in [2.24, 2.45) is 5.73 Å². The van der Waals surface area contributed by atoms with E-state index in [9.17, 15) is 4.39 Å². The first kappa shape index (κ1) is 14.1. The summed E-state index contributed by atoms with van der Waals surface area (Å²) in [6.07, 6.45) is 0.